The molecule has 3 unspecified atom stereocenters. The fourth-order valence-corrected chi connectivity index (χ4v) is 4.76. The summed E-state index contributed by atoms with van der Waals surface area (Å²) < 4.78 is 0. The van der Waals surface area contributed by atoms with Gasteiger partial charge in [-0.1, -0.05) is 84.3 Å². The molecule has 3 aromatic carbocycles. The fourth-order valence-electron chi connectivity index (χ4n) is 4.54. The third-order valence-corrected chi connectivity index (χ3v) is 6.37. The van der Waals surface area contributed by atoms with Crippen LogP contribution < -0.4 is 5.32 Å². The first-order valence-corrected chi connectivity index (χ1v) is 10.6. The Morgan fingerprint density at radius 3 is 2.17 bits per heavy atom. The van der Waals surface area contributed by atoms with E-state index in [1.807, 2.05) is 12.1 Å². The van der Waals surface area contributed by atoms with Gasteiger partial charge in [0.05, 0.1) is 0 Å². The van der Waals surface area contributed by atoms with E-state index in [1.54, 1.807) is 0 Å². The van der Waals surface area contributed by atoms with E-state index in [4.69, 9.17) is 11.6 Å². The number of allylic oxidation sites excluding steroid dienone is 1. The molecule has 1 nitrogen and oxygen atoms in total. The van der Waals surface area contributed by atoms with Gasteiger partial charge in [0, 0.05) is 27.9 Å². The molecule has 0 bridgehead atoms. The Balaban J connectivity index is 1.53. The smallest absolute Gasteiger partial charge is 0.0485 e. The quantitative estimate of drug-likeness (QED) is 0.458. The predicted molar refractivity (Wildman–Crippen MR) is 126 cm³/mol. The molecule has 0 amide bonds. The minimum Gasteiger partial charge on any atom is -0.359 e. The topological polar surface area (TPSA) is 12.0 Å². The average Bonchev–Trinajstić information content (AvgIpc) is 3.34. The van der Waals surface area contributed by atoms with Crippen molar-refractivity contribution in [3.8, 4) is 11.1 Å². The number of rotatable bonds is 5. The van der Waals surface area contributed by atoms with Crippen LogP contribution in [0.25, 0.3) is 11.1 Å². The van der Waals surface area contributed by atoms with Crippen LogP contribution in [0.1, 0.15) is 35.1 Å². The zero-order valence-corrected chi connectivity index (χ0v) is 18.3. The van der Waals surface area contributed by atoms with Crippen LogP contribution in [0.4, 0.5) is 5.69 Å². The number of nitrogens with one attached hydrogen (secondary N) is 1. The van der Waals surface area contributed by atoms with Crippen molar-refractivity contribution in [1.29, 1.82) is 0 Å². The normalized spacial score (nSPS) is 20.4. The Kier molecular flexibility index (Phi) is 5.27. The van der Waals surface area contributed by atoms with Crippen LogP contribution >= 0.6 is 11.6 Å². The summed E-state index contributed by atoms with van der Waals surface area (Å²) in [5.41, 5.74) is 9.62. The number of aryl methyl sites for hydroxylation is 3. The lowest BCUT2D eigenvalue weighted by molar-refractivity contribution is 0.861. The molecule has 3 aromatic rings. The van der Waals surface area contributed by atoms with Gasteiger partial charge < -0.3 is 5.32 Å². The van der Waals surface area contributed by atoms with E-state index in [9.17, 15) is 0 Å². The largest absolute Gasteiger partial charge is 0.359 e. The summed E-state index contributed by atoms with van der Waals surface area (Å²) in [7, 11) is 0. The molecule has 2 heteroatoms. The molecule has 0 aliphatic heterocycles. The standard InChI is InChI=1S/C27H28ClN/c1-16-6-8-21(9-7-16)24-15-23(10-11-25(24)28)29-20(5)26-19(4)27(26)22-13-17(2)12-18(3)14-22/h6-15,19,26-27,29H,5H2,1-4H3. The first kappa shape index (κ1) is 19.8. The van der Waals surface area contributed by atoms with E-state index >= 15 is 0 Å². The van der Waals surface area contributed by atoms with E-state index in [2.05, 4.69) is 88.1 Å². The lowest BCUT2D eigenvalue weighted by Crippen LogP contribution is -2.02. The zero-order chi connectivity index (χ0) is 20.7. The molecule has 1 saturated carbocycles. The first-order valence-electron chi connectivity index (χ1n) is 10.2. The van der Waals surface area contributed by atoms with Crippen molar-refractivity contribution < 1.29 is 0 Å². The second kappa shape index (κ2) is 7.72. The summed E-state index contributed by atoms with van der Waals surface area (Å²) >= 11 is 6.49. The molecule has 29 heavy (non-hydrogen) atoms. The highest BCUT2D eigenvalue weighted by atomic mass is 35.5. The SMILES string of the molecule is C=C(Nc1ccc(Cl)c(-c2ccc(C)cc2)c1)C1C(C)C1c1cc(C)cc(C)c1. The molecule has 0 aromatic heterocycles. The van der Waals surface area contributed by atoms with Gasteiger partial charge in [-0.25, -0.2) is 0 Å². The molecular weight excluding hydrogens is 374 g/mol. The van der Waals surface area contributed by atoms with Crippen molar-refractivity contribution in [3.63, 3.8) is 0 Å². The highest BCUT2D eigenvalue weighted by molar-refractivity contribution is 6.33. The maximum absolute atomic E-state index is 6.49. The van der Waals surface area contributed by atoms with Crippen molar-refractivity contribution in [1.82, 2.24) is 0 Å². The molecule has 0 radical (unpaired) electrons. The van der Waals surface area contributed by atoms with Crippen LogP contribution in [-0.2, 0) is 0 Å². The Hall–Kier alpha value is -2.51. The van der Waals surface area contributed by atoms with Gasteiger partial charge in [-0.2, -0.15) is 0 Å². The maximum atomic E-state index is 6.49. The molecule has 4 rings (SSSR count). The van der Waals surface area contributed by atoms with Crippen LogP contribution in [0, 0.1) is 32.6 Å². The zero-order valence-electron chi connectivity index (χ0n) is 17.6. The van der Waals surface area contributed by atoms with Gasteiger partial charge in [-0.3, -0.25) is 0 Å². The Labute approximate surface area is 179 Å². The van der Waals surface area contributed by atoms with E-state index < -0.39 is 0 Å². The maximum Gasteiger partial charge on any atom is 0.0485 e. The van der Waals surface area contributed by atoms with E-state index in [1.165, 1.54) is 22.3 Å². The number of halogens is 1. The average molecular weight is 402 g/mol. The van der Waals surface area contributed by atoms with Gasteiger partial charge in [-0.05, 0) is 61.9 Å². The highest BCUT2D eigenvalue weighted by Gasteiger charge is 2.49. The molecule has 0 saturated heterocycles. The Bertz CT molecular complexity index is 1040. The summed E-state index contributed by atoms with van der Waals surface area (Å²) in [5.74, 6) is 1.59. The van der Waals surface area contributed by atoms with Crippen LogP contribution in [-0.4, -0.2) is 0 Å². The third kappa shape index (κ3) is 4.11. The molecule has 3 atom stereocenters. The van der Waals surface area contributed by atoms with Crippen molar-refractivity contribution in [3.05, 3.63) is 100 Å². The molecular formula is C27H28ClN. The monoisotopic (exact) mass is 401 g/mol. The van der Waals surface area contributed by atoms with Gasteiger partial charge in [-0.15, -0.1) is 0 Å². The van der Waals surface area contributed by atoms with Crippen LogP contribution in [0.3, 0.4) is 0 Å². The predicted octanol–water partition coefficient (Wildman–Crippen LogP) is 7.91. The van der Waals surface area contributed by atoms with Crippen LogP contribution in [0.2, 0.25) is 5.02 Å². The van der Waals surface area contributed by atoms with E-state index in [0.29, 0.717) is 17.8 Å². The van der Waals surface area contributed by atoms with E-state index in [-0.39, 0.29) is 0 Å². The number of anilines is 1. The molecule has 148 valence electrons. The molecule has 1 aliphatic carbocycles. The van der Waals surface area contributed by atoms with Gasteiger partial charge in [0.1, 0.15) is 0 Å². The molecule has 0 heterocycles. The molecule has 1 aliphatic rings. The van der Waals surface area contributed by atoms with Crippen molar-refractivity contribution in [2.75, 3.05) is 5.32 Å². The summed E-state index contributed by atoms with van der Waals surface area (Å²) in [6.07, 6.45) is 0. The minimum atomic E-state index is 0.453. The van der Waals surface area contributed by atoms with Gasteiger partial charge in [0.25, 0.3) is 0 Å². The summed E-state index contributed by atoms with van der Waals surface area (Å²) in [6.45, 7) is 13.1. The molecule has 1 N–H and O–H groups in total. The van der Waals surface area contributed by atoms with Gasteiger partial charge >= 0.3 is 0 Å². The first-order chi connectivity index (χ1) is 13.8. The van der Waals surface area contributed by atoms with E-state index in [0.717, 1.165) is 27.5 Å². The second-order valence-corrected chi connectivity index (χ2v) is 8.95. The lowest BCUT2D eigenvalue weighted by Gasteiger charge is -2.13. The summed E-state index contributed by atoms with van der Waals surface area (Å²) in [5, 5.41) is 4.32. The fraction of sp³-hybridized carbons (Fsp3) is 0.259. The second-order valence-electron chi connectivity index (χ2n) is 8.54. The van der Waals surface area contributed by atoms with Crippen molar-refractivity contribution in [2.45, 2.75) is 33.6 Å². The third-order valence-electron chi connectivity index (χ3n) is 6.04. The van der Waals surface area contributed by atoms with Gasteiger partial charge in [0.2, 0.25) is 0 Å². The van der Waals surface area contributed by atoms with Gasteiger partial charge in [0.15, 0.2) is 0 Å². The number of hydrogen-bond acceptors (Lipinski definition) is 1. The number of benzene rings is 3. The minimum absolute atomic E-state index is 0.453. The number of hydrogen-bond donors (Lipinski definition) is 1. The van der Waals surface area contributed by atoms with Crippen molar-refractivity contribution in [2.24, 2.45) is 11.8 Å². The summed E-state index contributed by atoms with van der Waals surface area (Å²) in [6, 6.07) is 21.5. The highest BCUT2D eigenvalue weighted by Crippen LogP contribution is 2.57. The Morgan fingerprint density at radius 2 is 1.52 bits per heavy atom. The molecule has 0 spiro atoms. The Morgan fingerprint density at radius 1 is 0.862 bits per heavy atom. The van der Waals surface area contributed by atoms with Crippen molar-refractivity contribution >= 4 is 17.3 Å². The van der Waals surface area contributed by atoms with Crippen LogP contribution in [0.5, 0.6) is 0 Å². The van der Waals surface area contributed by atoms with Crippen LogP contribution in [0.15, 0.2) is 72.9 Å². The summed E-state index contributed by atoms with van der Waals surface area (Å²) in [4.78, 5) is 0. The molecule has 1 fully saturated rings. The lowest BCUT2D eigenvalue weighted by atomic mass is 10.0.